The molecule has 2 unspecified atom stereocenters. The van der Waals surface area contributed by atoms with Crippen molar-refractivity contribution in [1.29, 1.82) is 0 Å². The second-order valence-corrected chi connectivity index (χ2v) is 6.67. The molecular formula is C16H19BrN2O. The van der Waals surface area contributed by atoms with Crippen LogP contribution in [0.15, 0.2) is 28.7 Å². The Morgan fingerprint density at radius 2 is 2.10 bits per heavy atom. The highest BCUT2D eigenvalue weighted by Crippen LogP contribution is 2.25. The van der Waals surface area contributed by atoms with E-state index in [9.17, 15) is 4.79 Å². The minimum atomic E-state index is 0.0103. The monoisotopic (exact) mass is 334 g/mol. The van der Waals surface area contributed by atoms with Gasteiger partial charge in [-0.05, 0) is 43.0 Å². The van der Waals surface area contributed by atoms with Gasteiger partial charge in [0.2, 0.25) is 0 Å². The molecule has 1 aliphatic rings. The molecule has 0 aliphatic heterocycles. The van der Waals surface area contributed by atoms with Gasteiger partial charge in [-0.15, -0.1) is 0 Å². The maximum Gasteiger partial charge on any atom is 0.267 e. The first-order valence-electron chi connectivity index (χ1n) is 7.22. The van der Waals surface area contributed by atoms with E-state index < -0.39 is 0 Å². The lowest BCUT2D eigenvalue weighted by Crippen LogP contribution is -2.41. The van der Waals surface area contributed by atoms with Crippen molar-refractivity contribution in [3.63, 3.8) is 0 Å². The van der Waals surface area contributed by atoms with Crippen LogP contribution in [0.1, 0.15) is 43.1 Å². The normalized spacial score (nSPS) is 22.9. The Morgan fingerprint density at radius 3 is 2.90 bits per heavy atom. The minimum Gasteiger partial charge on any atom is -0.351 e. The van der Waals surface area contributed by atoms with E-state index in [2.05, 4.69) is 33.2 Å². The summed E-state index contributed by atoms with van der Waals surface area (Å²) in [7, 11) is 0. The van der Waals surface area contributed by atoms with E-state index in [-0.39, 0.29) is 5.91 Å². The number of carbonyl (C=O) groups excluding carboxylic acids is 1. The van der Waals surface area contributed by atoms with Crippen molar-refractivity contribution in [2.75, 3.05) is 0 Å². The number of nitrogens with one attached hydrogen (secondary N) is 2. The number of aromatic nitrogens is 1. The smallest absolute Gasteiger partial charge is 0.267 e. The number of aromatic amines is 1. The second-order valence-electron chi connectivity index (χ2n) is 5.76. The molecular weight excluding hydrogens is 316 g/mol. The zero-order valence-corrected chi connectivity index (χ0v) is 13.2. The lowest BCUT2D eigenvalue weighted by molar-refractivity contribution is 0.0906. The highest BCUT2D eigenvalue weighted by molar-refractivity contribution is 9.10. The summed E-state index contributed by atoms with van der Waals surface area (Å²) in [5, 5.41) is 4.24. The molecule has 1 heterocycles. The number of H-pyrrole nitrogens is 1. The molecule has 3 nitrogen and oxygen atoms in total. The summed E-state index contributed by atoms with van der Waals surface area (Å²) < 4.78 is 1.02. The third kappa shape index (κ3) is 2.75. The molecule has 0 saturated heterocycles. The Bertz CT molecular complexity index is 634. The summed E-state index contributed by atoms with van der Waals surface area (Å²) >= 11 is 3.45. The third-order valence-corrected chi connectivity index (χ3v) is 4.75. The number of amides is 1. The highest BCUT2D eigenvalue weighted by atomic mass is 79.9. The zero-order chi connectivity index (χ0) is 14.1. The van der Waals surface area contributed by atoms with E-state index >= 15 is 0 Å². The van der Waals surface area contributed by atoms with E-state index in [1.165, 1.54) is 19.3 Å². The fraction of sp³-hybridized carbons (Fsp3) is 0.438. The van der Waals surface area contributed by atoms with Gasteiger partial charge < -0.3 is 10.3 Å². The van der Waals surface area contributed by atoms with Gasteiger partial charge in [-0.1, -0.05) is 35.7 Å². The van der Waals surface area contributed by atoms with Gasteiger partial charge in [-0.3, -0.25) is 4.79 Å². The summed E-state index contributed by atoms with van der Waals surface area (Å²) in [6, 6.07) is 8.21. The predicted octanol–water partition coefficient (Wildman–Crippen LogP) is 4.24. The molecule has 1 aliphatic carbocycles. The molecule has 20 heavy (non-hydrogen) atoms. The van der Waals surface area contributed by atoms with Gasteiger partial charge in [0.05, 0.1) is 0 Å². The van der Waals surface area contributed by atoms with Gasteiger partial charge in [0.1, 0.15) is 5.69 Å². The Labute approximate surface area is 127 Å². The topological polar surface area (TPSA) is 44.9 Å². The molecule has 0 radical (unpaired) electrons. The number of halogens is 1. The molecule has 2 aromatic rings. The van der Waals surface area contributed by atoms with Crippen LogP contribution in [0.2, 0.25) is 0 Å². The first-order chi connectivity index (χ1) is 9.63. The Hall–Kier alpha value is -1.29. The Balaban J connectivity index is 1.78. The van der Waals surface area contributed by atoms with Crippen LogP contribution in [0, 0.1) is 5.92 Å². The molecule has 1 amide bonds. The fourth-order valence-electron chi connectivity index (χ4n) is 3.00. The quantitative estimate of drug-likeness (QED) is 0.847. The van der Waals surface area contributed by atoms with Crippen molar-refractivity contribution in [3.8, 4) is 0 Å². The van der Waals surface area contributed by atoms with Crippen molar-refractivity contribution in [2.45, 2.75) is 38.6 Å². The van der Waals surface area contributed by atoms with Crippen LogP contribution < -0.4 is 5.32 Å². The number of hydrogen-bond donors (Lipinski definition) is 2. The summed E-state index contributed by atoms with van der Waals surface area (Å²) in [5.41, 5.74) is 1.64. The first-order valence-corrected chi connectivity index (χ1v) is 8.02. The van der Waals surface area contributed by atoms with Crippen LogP contribution in [0.5, 0.6) is 0 Å². The van der Waals surface area contributed by atoms with Crippen molar-refractivity contribution >= 4 is 32.7 Å². The van der Waals surface area contributed by atoms with Crippen molar-refractivity contribution < 1.29 is 4.79 Å². The number of fused-ring (bicyclic) bond motifs is 1. The first kappa shape index (κ1) is 13.7. The van der Waals surface area contributed by atoms with Crippen LogP contribution in [-0.4, -0.2) is 16.9 Å². The zero-order valence-electron chi connectivity index (χ0n) is 11.6. The maximum absolute atomic E-state index is 12.4. The highest BCUT2D eigenvalue weighted by Gasteiger charge is 2.23. The largest absolute Gasteiger partial charge is 0.351 e. The molecule has 2 N–H and O–H groups in total. The second kappa shape index (κ2) is 5.60. The average Bonchev–Trinajstić information content (AvgIpc) is 2.84. The van der Waals surface area contributed by atoms with Gasteiger partial charge in [0.25, 0.3) is 5.91 Å². The van der Waals surface area contributed by atoms with E-state index in [0.717, 1.165) is 21.8 Å². The lowest BCUT2D eigenvalue weighted by Gasteiger charge is -2.29. The van der Waals surface area contributed by atoms with Crippen LogP contribution in [0.25, 0.3) is 10.9 Å². The van der Waals surface area contributed by atoms with Crippen LogP contribution in [-0.2, 0) is 0 Å². The van der Waals surface area contributed by atoms with Crippen LogP contribution in [0.4, 0.5) is 0 Å². The van der Waals surface area contributed by atoms with E-state index in [1.54, 1.807) is 0 Å². The van der Waals surface area contributed by atoms with Gasteiger partial charge in [-0.2, -0.15) is 0 Å². The van der Waals surface area contributed by atoms with E-state index in [0.29, 0.717) is 17.7 Å². The molecule has 1 aromatic carbocycles. The summed E-state index contributed by atoms with van der Waals surface area (Å²) in [5.74, 6) is 0.585. The Kier molecular flexibility index (Phi) is 3.83. The minimum absolute atomic E-state index is 0.0103. The molecule has 106 valence electrons. The molecule has 1 saturated carbocycles. The van der Waals surface area contributed by atoms with Gasteiger partial charge in [0.15, 0.2) is 0 Å². The molecule has 3 rings (SSSR count). The third-order valence-electron chi connectivity index (χ3n) is 4.26. The number of rotatable bonds is 2. The van der Waals surface area contributed by atoms with Crippen molar-refractivity contribution in [1.82, 2.24) is 10.3 Å². The van der Waals surface area contributed by atoms with Crippen LogP contribution in [0.3, 0.4) is 0 Å². The fourth-order valence-corrected chi connectivity index (χ4v) is 3.38. The molecule has 1 fully saturated rings. The van der Waals surface area contributed by atoms with Gasteiger partial charge >= 0.3 is 0 Å². The van der Waals surface area contributed by atoms with Gasteiger partial charge in [0, 0.05) is 21.4 Å². The molecule has 4 heteroatoms. The molecule has 0 bridgehead atoms. The van der Waals surface area contributed by atoms with Crippen molar-refractivity contribution in [2.24, 2.45) is 5.92 Å². The summed E-state index contributed by atoms with van der Waals surface area (Å²) in [6.07, 6.45) is 4.81. The number of carbonyl (C=O) groups is 1. The van der Waals surface area contributed by atoms with Crippen LogP contribution >= 0.6 is 15.9 Å². The number of hydrogen-bond acceptors (Lipinski definition) is 1. The SMILES string of the molecule is CC1CCCCC1NC(=O)c1cc2cc(Br)ccc2[nH]1. The number of benzene rings is 1. The standard InChI is InChI=1S/C16H19BrN2O/c1-10-4-2-3-5-13(10)19-16(20)15-9-11-8-12(17)6-7-14(11)18-15/h6-10,13,18H,2-5H2,1H3,(H,19,20). The maximum atomic E-state index is 12.4. The molecule has 2 atom stereocenters. The molecule has 1 aromatic heterocycles. The Morgan fingerprint density at radius 1 is 1.30 bits per heavy atom. The van der Waals surface area contributed by atoms with Gasteiger partial charge in [-0.25, -0.2) is 0 Å². The van der Waals surface area contributed by atoms with Crippen molar-refractivity contribution in [3.05, 3.63) is 34.4 Å². The van der Waals surface area contributed by atoms with E-state index in [4.69, 9.17) is 0 Å². The summed E-state index contributed by atoms with van der Waals surface area (Å²) in [4.78, 5) is 15.6. The molecule has 0 spiro atoms. The van der Waals surface area contributed by atoms with E-state index in [1.807, 2.05) is 24.3 Å². The summed E-state index contributed by atoms with van der Waals surface area (Å²) in [6.45, 7) is 2.23. The predicted molar refractivity (Wildman–Crippen MR) is 84.9 cm³/mol. The lowest BCUT2D eigenvalue weighted by atomic mass is 9.86. The average molecular weight is 335 g/mol.